The van der Waals surface area contributed by atoms with Gasteiger partial charge in [0, 0.05) is 16.6 Å². The summed E-state index contributed by atoms with van der Waals surface area (Å²) >= 11 is 3.32. The first-order valence-electron chi connectivity index (χ1n) is 5.19. The van der Waals surface area contributed by atoms with Crippen LogP contribution in [0.1, 0.15) is 5.56 Å². The predicted octanol–water partition coefficient (Wildman–Crippen LogP) is 3.08. The van der Waals surface area contributed by atoms with E-state index >= 15 is 0 Å². The summed E-state index contributed by atoms with van der Waals surface area (Å²) in [5.74, 6) is 0.540. The van der Waals surface area contributed by atoms with Gasteiger partial charge in [0.15, 0.2) is 0 Å². The predicted molar refractivity (Wildman–Crippen MR) is 64.4 cm³/mol. The van der Waals surface area contributed by atoms with Crippen LogP contribution >= 0.6 is 15.9 Å². The number of ether oxygens (including phenoxy) is 2. The molecule has 0 aliphatic rings. The van der Waals surface area contributed by atoms with Gasteiger partial charge in [0.2, 0.25) is 0 Å². The molecule has 0 amide bonds. The van der Waals surface area contributed by atoms with Gasteiger partial charge in [-0.1, -0.05) is 15.9 Å². The molecule has 0 aliphatic carbocycles. The largest absolute Gasteiger partial charge is 0.522 e. The molecule has 1 aromatic rings. The maximum Gasteiger partial charge on any atom is 0.522 e. The Balaban J connectivity index is 2.51. The highest BCUT2D eigenvalue weighted by Crippen LogP contribution is 2.23. The van der Waals surface area contributed by atoms with Gasteiger partial charge in [0.25, 0.3) is 0 Å². The highest BCUT2D eigenvalue weighted by Gasteiger charge is 2.28. The standard InChI is InChI=1S/C11H13BrF3NO2/c1-16-7-8-6-9(12)2-3-10(8)17-4-5-18-11(13,14)15/h2-3,6,16H,4-5,7H2,1H3. The molecule has 3 nitrogen and oxygen atoms in total. The number of nitrogens with one attached hydrogen (secondary N) is 1. The molecule has 0 spiro atoms. The Labute approximate surface area is 111 Å². The zero-order chi connectivity index (χ0) is 13.6. The fourth-order valence-electron chi connectivity index (χ4n) is 1.33. The van der Waals surface area contributed by atoms with Gasteiger partial charge in [-0.15, -0.1) is 13.2 Å². The van der Waals surface area contributed by atoms with Gasteiger partial charge in [-0.2, -0.15) is 0 Å². The minimum absolute atomic E-state index is 0.155. The van der Waals surface area contributed by atoms with Gasteiger partial charge >= 0.3 is 6.36 Å². The molecular weight excluding hydrogens is 315 g/mol. The Morgan fingerprint density at radius 2 is 2.00 bits per heavy atom. The Morgan fingerprint density at radius 1 is 1.28 bits per heavy atom. The molecule has 1 N–H and O–H groups in total. The number of halogens is 4. The lowest BCUT2D eigenvalue weighted by atomic mass is 10.2. The Bertz CT molecular complexity index is 385. The van der Waals surface area contributed by atoms with Crippen LogP contribution in [0, 0.1) is 0 Å². The van der Waals surface area contributed by atoms with Crippen LogP contribution in [0.3, 0.4) is 0 Å². The molecule has 0 heterocycles. The summed E-state index contributed by atoms with van der Waals surface area (Å²) in [6.07, 6.45) is -4.61. The molecule has 0 aromatic heterocycles. The maximum absolute atomic E-state index is 11.7. The number of hydrogen-bond donors (Lipinski definition) is 1. The monoisotopic (exact) mass is 327 g/mol. The van der Waals surface area contributed by atoms with Crippen molar-refractivity contribution in [2.45, 2.75) is 12.9 Å². The van der Waals surface area contributed by atoms with Crippen molar-refractivity contribution in [1.82, 2.24) is 5.32 Å². The van der Waals surface area contributed by atoms with Crippen molar-refractivity contribution in [3.05, 3.63) is 28.2 Å². The van der Waals surface area contributed by atoms with E-state index in [2.05, 4.69) is 26.0 Å². The molecule has 0 aliphatic heterocycles. The smallest absolute Gasteiger partial charge is 0.491 e. The molecule has 0 saturated carbocycles. The lowest BCUT2D eigenvalue weighted by Gasteiger charge is -2.12. The molecule has 18 heavy (non-hydrogen) atoms. The summed E-state index contributed by atoms with van der Waals surface area (Å²) in [4.78, 5) is 0. The van der Waals surface area contributed by atoms with Crippen LogP contribution < -0.4 is 10.1 Å². The van der Waals surface area contributed by atoms with Gasteiger partial charge in [-0.3, -0.25) is 4.74 Å². The molecule has 0 radical (unpaired) electrons. The summed E-state index contributed by atoms with van der Waals surface area (Å²) in [6, 6.07) is 5.31. The number of rotatable bonds is 6. The van der Waals surface area contributed by atoms with Crippen molar-refractivity contribution in [3.63, 3.8) is 0 Å². The van der Waals surface area contributed by atoms with Gasteiger partial charge in [-0.25, -0.2) is 0 Å². The summed E-state index contributed by atoms with van der Waals surface area (Å²) < 4.78 is 45.0. The van der Waals surface area contributed by atoms with Crippen LogP contribution in [-0.4, -0.2) is 26.6 Å². The Morgan fingerprint density at radius 3 is 2.61 bits per heavy atom. The molecule has 102 valence electrons. The molecule has 0 saturated heterocycles. The summed E-state index contributed by atoms with van der Waals surface area (Å²) in [7, 11) is 1.78. The van der Waals surface area contributed by atoms with Crippen molar-refractivity contribution in [1.29, 1.82) is 0 Å². The summed E-state index contributed by atoms with van der Waals surface area (Å²) in [5, 5.41) is 2.95. The van der Waals surface area contributed by atoms with Crippen LogP contribution in [0.4, 0.5) is 13.2 Å². The number of hydrogen-bond acceptors (Lipinski definition) is 3. The zero-order valence-corrected chi connectivity index (χ0v) is 11.3. The third-order valence-corrected chi connectivity index (χ3v) is 2.49. The van der Waals surface area contributed by atoms with Crippen LogP contribution in [-0.2, 0) is 11.3 Å². The topological polar surface area (TPSA) is 30.5 Å². The maximum atomic E-state index is 11.7. The van der Waals surface area contributed by atoms with E-state index in [0.717, 1.165) is 10.0 Å². The minimum Gasteiger partial charge on any atom is -0.491 e. The van der Waals surface area contributed by atoms with E-state index in [1.807, 2.05) is 6.07 Å². The second-order valence-electron chi connectivity index (χ2n) is 3.43. The molecule has 0 unspecified atom stereocenters. The molecular formula is C11H13BrF3NO2. The highest BCUT2D eigenvalue weighted by molar-refractivity contribution is 9.10. The molecule has 7 heteroatoms. The van der Waals surface area contributed by atoms with E-state index in [0.29, 0.717) is 12.3 Å². The van der Waals surface area contributed by atoms with Crippen molar-refractivity contribution >= 4 is 15.9 Å². The SMILES string of the molecule is CNCc1cc(Br)ccc1OCCOC(F)(F)F. The van der Waals surface area contributed by atoms with E-state index in [9.17, 15) is 13.2 Å². The van der Waals surface area contributed by atoms with E-state index in [-0.39, 0.29) is 6.61 Å². The van der Waals surface area contributed by atoms with Crippen LogP contribution in [0.2, 0.25) is 0 Å². The van der Waals surface area contributed by atoms with Crippen molar-refractivity contribution in [2.75, 3.05) is 20.3 Å². The number of benzene rings is 1. The van der Waals surface area contributed by atoms with Crippen molar-refractivity contribution < 1.29 is 22.6 Å². The highest BCUT2D eigenvalue weighted by atomic mass is 79.9. The fraction of sp³-hybridized carbons (Fsp3) is 0.455. The molecule has 1 rings (SSSR count). The third-order valence-electron chi connectivity index (χ3n) is 2.00. The fourth-order valence-corrected chi connectivity index (χ4v) is 1.73. The first kappa shape index (κ1) is 15.3. The quantitative estimate of drug-likeness (QED) is 0.814. The summed E-state index contributed by atoms with van der Waals surface area (Å²) in [6.45, 7) is -0.120. The van der Waals surface area contributed by atoms with Gasteiger partial charge in [0.05, 0.1) is 6.61 Å². The minimum atomic E-state index is -4.61. The third kappa shape index (κ3) is 5.70. The Hall–Kier alpha value is -0.790. The Kier molecular flexibility index (Phi) is 5.90. The van der Waals surface area contributed by atoms with E-state index in [1.165, 1.54) is 0 Å². The van der Waals surface area contributed by atoms with Gasteiger partial charge < -0.3 is 10.1 Å². The van der Waals surface area contributed by atoms with Gasteiger partial charge in [-0.05, 0) is 25.2 Å². The van der Waals surface area contributed by atoms with E-state index in [4.69, 9.17) is 4.74 Å². The van der Waals surface area contributed by atoms with Gasteiger partial charge in [0.1, 0.15) is 12.4 Å². The van der Waals surface area contributed by atoms with E-state index < -0.39 is 13.0 Å². The van der Waals surface area contributed by atoms with E-state index in [1.54, 1.807) is 19.2 Å². The van der Waals surface area contributed by atoms with Crippen molar-refractivity contribution in [2.24, 2.45) is 0 Å². The average Bonchev–Trinajstić information content (AvgIpc) is 2.26. The second kappa shape index (κ2) is 6.96. The van der Waals surface area contributed by atoms with Crippen LogP contribution in [0.5, 0.6) is 5.75 Å². The molecule has 0 fully saturated rings. The lowest BCUT2D eigenvalue weighted by molar-refractivity contribution is -0.325. The first-order valence-corrected chi connectivity index (χ1v) is 5.98. The summed E-state index contributed by atoms with van der Waals surface area (Å²) in [5.41, 5.74) is 0.860. The van der Waals surface area contributed by atoms with Crippen LogP contribution in [0.25, 0.3) is 0 Å². The molecule has 0 atom stereocenters. The number of alkyl halides is 3. The van der Waals surface area contributed by atoms with Crippen molar-refractivity contribution in [3.8, 4) is 5.75 Å². The normalized spacial score (nSPS) is 11.6. The molecule has 1 aromatic carbocycles. The van der Waals surface area contributed by atoms with Crippen LogP contribution in [0.15, 0.2) is 22.7 Å². The first-order chi connectivity index (χ1) is 8.42. The lowest BCUT2D eigenvalue weighted by Crippen LogP contribution is -2.18. The molecule has 0 bridgehead atoms. The second-order valence-corrected chi connectivity index (χ2v) is 4.34. The zero-order valence-electron chi connectivity index (χ0n) is 9.68. The average molecular weight is 328 g/mol.